The molecule has 2 aromatic carbocycles. The molecule has 0 amide bonds. The van der Waals surface area contributed by atoms with Gasteiger partial charge in [0.1, 0.15) is 23.6 Å². The fourth-order valence-corrected chi connectivity index (χ4v) is 4.85. The number of ketones is 1. The van der Waals surface area contributed by atoms with E-state index in [1.54, 1.807) is 12.1 Å². The molecule has 0 atom stereocenters. The number of Topliss-reactive ketones (excluding diaryl/α,β-unsaturated/α-hetero) is 1. The highest BCUT2D eigenvalue weighted by Gasteiger charge is 2.32. The molecule has 10 heteroatoms. The Kier molecular flexibility index (Phi) is 8.25. The van der Waals surface area contributed by atoms with Crippen LogP contribution in [-0.2, 0) is 23.8 Å². The zero-order valence-corrected chi connectivity index (χ0v) is 22.1. The molecule has 1 fully saturated rings. The van der Waals surface area contributed by atoms with Gasteiger partial charge in [-0.15, -0.1) is 0 Å². The van der Waals surface area contributed by atoms with E-state index in [0.717, 1.165) is 54.2 Å². The molecule has 208 valence electrons. The van der Waals surface area contributed by atoms with Crippen molar-refractivity contribution < 1.29 is 22.7 Å². The van der Waals surface area contributed by atoms with E-state index in [9.17, 15) is 18.0 Å². The highest BCUT2D eigenvalue weighted by atomic mass is 19.4. The van der Waals surface area contributed by atoms with Crippen LogP contribution in [0.15, 0.2) is 67.1 Å². The lowest BCUT2D eigenvalue weighted by Gasteiger charge is -2.33. The molecule has 0 spiro atoms. The number of rotatable bonds is 9. The molecule has 1 N–H and O–H groups in total. The van der Waals surface area contributed by atoms with Crippen LogP contribution in [-0.4, -0.2) is 46.9 Å². The number of piperidine rings is 1. The van der Waals surface area contributed by atoms with Crippen LogP contribution in [0.1, 0.15) is 36.1 Å². The third-order valence-corrected chi connectivity index (χ3v) is 7.19. The maximum absolute atomic E-state index is 12.7. The molecule has 0 aliphatic carbocycles. The van der Waals surface area contributed by atoms with Crippen LogP contribution in [0.25, 0.3) is 10.9 Å². The van der Waals surface area contributed by atoms with Crippen LogP contribution < -0.4 is 15.0 Å². The first-order chi connectivity index (χ1) is 19.3. The molecule has 0 saturated carbocycles. The Bertz CT molecular complexity index is 1450. The lowest BCUT2D eigenvalue weighted by molar-refractivity contribution is -0.141. The van der Waals surface area contributed by atoms with Crippen molar-refractivity contribution in [3.05, 3.63) is 83.9 Å². The number of hydrogen-bond donors (Lipinski definition) is 1. The second-order valence-electron chi connectivity index (χ2n) is 9.98. The predicted molar refractivity (Wildman–Crippen MR) is 147 cm³/mol. The molecule has 40 heavy (non-hydrogen) atoms. The van der Waals surface area contributed by atoms with Gasteiger partial charge in [0.15, 0.2) is 0 Å². The molecule has 1 saturated heterocycles. The average molecular weight is 550 g/mol. The molecule has 2 aromatic heterocycles. The molecule has 3 heterocycles. The first-order valence-electron chi connectivity index (χ1n) is 13.3. The minimum Gasteiger partial charge on any atom is -0.438 e. The number of pyridine rings is 1. The Morgan fingerprint density at radius 1 is 1.00 bits per heavy atom. The van der Waals surface area contributed by atoms with Gasteiger partial charge in [-0.3, -0.25) is 9.78 Å². The number of nitrogens with one attached hydrogen (secondary N) is 1. The third-order valence-electron chi connectivity index (χ3n) is 7.19. The van der Waals surface area contributed by atoms with E-state index in [-0.39, 0.29) is 18.6 Å². The Morgan fingerprint density at radius 3 is 2.45 bits per heavy atom. The summed E-state index contributed by atoms with van der Waals surface area (Å²) in [6.45, 7) is 2.05. The number of benzene rings is 2. The van der Waals surface area contributed by atoms with Gasteiger partial charge < -0.3 is 15.0 Å². The van der Waals surface area contributed by atoms with Crippen LogP contribution in [0.2, 0.25) is 0 Å². The summed E-state index contributed by atoms with van der Waals surface area (Å²) >= 11 is 0. The third kappa shape index (κ3) is 6.74. The fourth-order valence-electron chi connectivity index (χ4n) is 4.85. The van der Waals surface area contributed by atoms with E-state index in [1.807, 2.05) is 18.2 Å². The monoisotopic (exact) mass is 549 g/mol. The highest BCUT2D eigenvalue weighted by molar-refractivity contribution is 5.86. The Labute approximate surface area is 230 Å². The molecule has 5 rings (SSSR count). The highest BCUT2D eigenvalue weighted by Crippen LogP contribution is 2.31. The van der Waals surface area contributed by atoms with Crippen molar-refractivity contribution in [3.63, 3.8) is 0 Å². The topological polar surface area (TPSA) is 80.2 Å². The van der Waals surface area contributed by atoms with Crippen molar-refractivity contribution in [2.75, 3.05) is 25.0 Å². The normalized spacial score (nSPS) is 14.3. The van der Waals surface area contributed by atoms with Gasteiger partial charge >= 0.3 is 6.18 Å². The van der Waals surface area contributed by atoms with Gasteiger partial charge in [-0.05, 0) is 79.9 Å². The van der Waals surface area contributed by atoms with E-state index >= 15 is 0 Å². The number of carbonyl (C=O) groups excluding carboxylic acids is 1. The minimum atomic E-state index is -4.47. The second-order valence-corrected chi connectivity index (χ2v) is 9.98. The average Bonchev–Trinajstić information content (AvgIpc) is 2.97. The first kappa shape index (κ1) is 27.5. The van der Waals surface area contributed by atoms with Gasteiger partial charge in [0.05, 0.1) is 10.9 Å². The number of hydrogen-bond acceptors (Lipinski definition) is 7. The number of anilines is 1. The minimum absolute atomic E-state index is 0.0133. The maximum Gasteiger partial charge on any atom is 0.433 e. The Balaban J connectivity index is 1.18. The van der Waals surface area contributed by atoms with E-state index in [2.05, 4.69) is 44.3 Å². The van der Waals surface area contributed by atoms with Crippen molar-refractivity contribution in [1.29, 1.82) is 0 Å². The molecular formula is C30H30F3N5O2. The van der Waals surface area contributed by atoms with Crippen molar-refractivity contribution >= 4 is 22.4 Å². The second kappa shape index (κ2) is 12.0. The van der Waals surface area contributed by atoms with Crippen LogP contribution >= 0.6 is 0 Å². The van der Waals surface area contributed by atoms with Gasteiger partial charge in [0.2, 0.25) is 5.88 Å². The fraction of sp³-hybridized carbons (Fsp3) is 0.333. The van der Waals surface area contributed by atoms with E-state index < -0.39 is 11.9 Å². The number of carbonyl (C=O) groups is 1. The lowest BCUT2D eigenvalue weighted by atomic mass is 10.0. The van der Waals surface area contributed by atoms with Crippen LogP contribution in [0, 0.1) is 0 Å². The summed E-state index contributed by atoms with van der Waals surface area (Å²) < 4.78 is 44.0. The summed E-state index contributed by atoms with van der Waals surface area (Å²) in [4.78, 5) is 27.0. The molecule has 0 radical (unpaired) electrons. The number of fused-ring (bicyclic) bond motifs is 1. The van der Waals surface area contributed by atoms with E-state index in [4.69, 9.17) is 4.74 Å². The molecule has 1 aliphatic heterocycles. The van der Waals surface area contributed by atoms with Crippen LogP contribution in [0.4, 0.5) is 18.9 Å². The van der Waals surface area contributed by atoms with Crippen LogP contribution in [0.3, 0.4) is 0 Å². The summed E-state index contributed by atoms with van der Waals surface area (Å²) in [5.41, 5.74) is 2.37. The summed E-state index contributed by atoms with van der Waals surface area (Å²) in [7, 11) is 2.12. The van der Waals surface area contributed by atoms with Crippen molar-refractivity contribution in [2.45, 2.75) is 44.3 Å². The SMILES string of the molecule is CN(c1ccc2c(Oc3ccc(CC(=O)CCc4ccc(C(F)(F)F)nc4)cc3)ncnc2c1)C1CCNCC1. The van der Waals surface area contributed by atoms with Crippen molar-refractivity contribution in [3.8, 4) is 11.6 Å². The number of aromatic nitrogens is 3. The van der Waals surface area contributed by atoms with Crippen molar-refractivity contribution in [2.24, 2.45) is 0 Å². The number of alkyl halides is 3. The molecule has 7 nitrogen and oxygen atoms in total. The van der Waals surface area contributed by atoms with Crippen LogP contribution in [0.5, 0.6) is 11.6 Å². The molecule has 0 unspecified atom stereocenters. The van der Waals surface area contributed by atoms with E-state index in [1.165, 1.54) is 18.6 Å². The summed E-state index contributed by atoms with van der Waals surface area (Å²) in [5, 5.41) is 4.21. The van der Waals surface area contributed by atoms with Gasteiger partial charge in [-0.2, -0.15) is 13.2 Å². The smallest absolute Gasteiger partial charge is 0.433 e. The summed E-state index contributed by atoms with van der Waals surface area (Å²) in [5.74, 6) is 1.03. The zero-order chi connectivity index (χ0) is 28.1. The number of nitrogens with zero attached hydrogens (tertiary/aromatic N) is 4. The largest absolute Gasteiger partial charge is 0.438 e. The first-order valence-corrected chi connectivity index (χ1v) is 13.3. The Hall–Kier alpha value is -4.05. The maximum atomic E-state index is 12.7. The van der Waals surface area contributed by atoms with Gasteiger partial charge in [0.25, 0.3) is 0 Å². The number of aryl methyl sites for hydroxylation is 1. The zero-order valence-electron chi connectivity index (χ0n) is 22.1. The molecule has 0 bridgehead atoms. The number of ether oxygens (including phenoxy) is 1. The number of halogens is 3. The quantitative estimate of drug-likeness (QED) is 0.284. The molecular weight excluding hydrogens is 519 g/mol. The van der Waals surface area contributed by atoms with Crippen molar-refractivity contribution in [1.82, 2.24) is 20.3 Å². The van der Waals surface area contributed by atoms with Gasteiger partial charge in [-0.1, -0.05) is 18.2 Å². The van der Waals surface area contributed by atoms with E-state index in [0.29, 0.717) is 29.7 Å². The molecule has 4 aromatic rings. The summed E-state index contributed by atoms with van der Waals surface area (Å²) in [6, 6.07) is 16.1. The van der Waals surface area contributed by atoms with Gasteiger partial charge in [-0.25, -0.2) is 9.97 Å². The Morgan fingerprint density at radius 2 is 1.75 bits per heavy atom. The predicted octanol–water partition coefficient (Wildman–Crippen LogP) is 5.77. The van der Waals surface area contributed by atoms with Gasteiger partial charge in [0, 0.05) is 37.8 Å². The molecule has 1 aliphatic rings. The summed E-state index contributed by atoms with van der Waals surface area (Å²) in [6.07, 6.45) is 1.16. The lowest BCUT2D eigenvalue weighted by Crippen LogP contribution is -2.41. The standard InChI is InChI=1S/C30H30F3N5O2/c1-38(22-12-14-34-15-13-22)23-6-10-26-27(17-23)36-19-37-29(26)40-25-8-3-20(4-9-25)16-24(39)7-2-21-5-11-28(35-18-21)30(31,32)33/h3-6,8-11,17-19,22,34H,2,7,12-16H2,1H3.